The molecule has 0 aromatic heterocycles. The van der Waals surface area contributed by atoms with Crippen LogP contribution in [0, 0.1) is 5.82 Å². The van der Waals surface area contributed by atoms with E-state index in [1.165, 1.54) is 18.2 Å². The molecular weight excluding hydrogens is 201 g/mol. The number of phenolic OH excluding ortho intramolecular Hbond substituents is 1. The third kappa shape index (κ3) is 2.01. The zero-order valence-corrected chi connectivity index (χ0v) is 7.87. The topological polar surface area (TPSA) is 58.6 Å². The molecule has 1 heterocycles. The molecule has 80 valence electrons. The van der Waals surface area contributed by atoms with Gasteiger partial charge in [-0.05, 0) is 18.2 Å². The van der Waals surface area contributed by atoms with Crippen LogP contribution in [-0.4, -0.2) is 17.8 Å². The number of hydrogen-bond acceptors (Lipinski definition) is 3. The van der Waals surface area contributed by atoms with E-state index in [0.29, 0.717) is 12.0 Å². The number of phenols is 1. The second-order valence-electron chi connectivity index (χ2n) is 3.32. The standard InChI is InChI=1S/C10H10FNO3/c11-6-1-2-9(13)7(5-6)8-3-4-15-10(14)12-8/h1-2,5,8,13H,3-4H2,(H,12,14)/t8-/m1/s1. The van der Waals surface area contributed by atoms with Crippen molar-refractivity contribution in [2.24, 2.45) is 0 Å². The fraction of sp³-hybridized carbons (Fsp3) is 0.300. The molecule has 1 saturated heterocycles. The molecule has 1 aromatic carbocycles. The lowest BCUT2D eigenvalue weighted by atomic mass is 10.0. The molecule has 0 radical (unpaired) electrons. The number of amides is 1. The maximum atomic E-state index is 12.9. The number of hydrogen-bond donors (Lipinski definition) is 2. The van der Waals surface area contributed by atoms with E-state index in [9.17, 15) is 14.3 Å². The summed E-state index contributed by atoms with van der Waals surface area (Å²) in [5.74, 6) is -0.466. The Morgan fingerprint density at radius 2 is 2.33 bits per heavy atom. The first-order chi connectivity index (χ1) is 7.16. The van der Waals surface area contributed by atoms with Gasteiger partial charge in [0.2, 0.25) is 0 Å². The molecule has 0 unspecified atom stereocenters. The van der Waals surface area contributed by atoms with Gasteiger partial charge in [0, 0.05) is 12.0 Å². The van der Waals surface area contributed by atoms with E-state index in [4.69, 9.17) is 0 Å². The lowest BCUT2D eigenvalue weighted by Crippen LogP contribution is -2.35. The van der Waals surface area contributed by atoms with Crippen molar-refractivity contribution in [1.82, 2.24) is 5.32 Å². The Labute approximate surface area is 85.7 Å². The molecule has 1 atom stereocenters. The minimum absolute atomic E-state index is 0.0244. The van der Waals surface area contributed by atoms with Gasteiger partial charge in [-0.1, -0.05) is 0 Å². The molecule has 0 saturated carbocycles. The van der Waals surface area contributed by atoms with Crippen molar-refractivity contribution in [1.29, 1.82) is 0 Å². The SMILES string of the molecule is O=C1N[C@@H](c2cc(F)ccc2O)CCO1. The summed E-state index contributed by atoms with van der Waals surface area (Å²) in [6, 6.07) is 3.26. The molecule has 1 aliphatic heterocycles. The molecule has 4 nitrogen and oxygen atoms in total. The van der Waals surface area contributed by atoms with Crippen molar-refractivity contribution in [2.45, 2.75) is 12.5 Å². The number of carbonyl (C=O) groups is 1. The zero-order valence-electron chi connectivity index (χ0n) is 7.87. The Hall–Kier alpha value is -1.78. The van der Waals surface area contributed by atoms with Gasteiger partial charge in [0.25, 0.3) is 0 Å². The first-order valence-electron chi connectivity index (χ1n) is 4.58. The highest BCUT2D eigenvalue weighted by atomic mass is 19.1. The van der Waals surface area contributed by atoms with Gasteiger partial charge in [0.15, 0.2) is 0 Å². The monoisotopic (exact) mass is 211 g/mol. The maximum absolute atomic E-state index is 12.9. The number of benzene rings is 1. The van der Waals surface area contributed by atoms with Crippen LogP contribution in [0.5, 0.6) is 5.75 Å². The van der Waals surface area contributed by atoms with E-state index >= 15 is 0 Å². The molecule has 1 amide bonds. The fourth-order valence-corrected chi connectivity index (χ4v) is 1.56. The van der Waals surface area contributed by atoms with Gasteiger partial charge in [0.05, 0.1) is 12.6 Å². The molecule has 2 rings (SSSR count). The van der Waals surface area contributed by atoms with Gasteiger partial charge < -0.3 is 15.2 Å². The van der Waals surface area contributed by atoms with Gasteiger partial charge in [-0.25, -0.2) is 9.18 Å². The van der Waals surface area contributed by atoms with Crippen LogP contribution in [0.15, 0.2) is 18.2 Å². The summed E-state index contributed by atoms with van der Waals surface area (Å²) < 4.78 is 17.6. The Balaban J connectivity index is 2.27. The van der Waals surface area contributed by atoms with Gasteiger partial charge in [-0.2, -0.15) is 0 Å². The van der Waals surface area contributed by atoms with Crippen LogP contribution in [0.2, 0.25) is 0 Å². The van der Waals surface area contributed by atoms with Crippen LogP contribution in [0.3, 0.4) is 0 Å². The summed E-state index contributed by atoms with van der Waals surface area (Å²) in [6.07, 6.45) is -0.0298. The number of carbonyl (C=O) groups excluding carboxylic acids is 1. The summed E-state index contributed by atoms with van der Waals surface area (Å²) in [5.41, 5.74) is 0.381. The van der Waals surface area contributed by atoms with Crippen LogP contribution in [-0.2, 0) is 4.74 Å². The van der Waals surface area contributed by atoms with Gasteiger partial charge >= 0.3 is 6.09 Å². The van der Waals surface area contributed by atoms with Crippen molar-refractivity contribution in [3.8, 4) is 5.75 Å². The highest BCUT2D eigenvalue weighted by molar-refractivity contribution is 5.68. The fourth-order valence-electron chi connectivity index (χ4n) is 1.56. The Kier molecular flexibility index (Phi) is 2.45. The Morgan fingerprint density at radius 3 is 3.07 bits per heavy atom. The van der Waals surface area contributed by atoms with E-state index in [2.05, 4.69) is 10.1 Å². The maximum Gasteiger partial charge on any atom is 0.407 e. The Bertz CT molecular complexity index is 394. The number of aromatic hydroxyl groups is 1. The lowest BCUT2D eigenvalue weighted by Gasteiger charge is -2.24. The molecule has 15 heavy (non-hydrogen) atoms. The van der Waals surface area contributed by atoms with Crippen LogP contribution in [0.1, 0.15) is 18.0 Å². The summed E-state index contributed by atoms with van der Waals surface area (Å²) in [7, 11) is 0. The van der Waals surface area contributed by atoms with Gasteiger partial charge in [-0.3, -0.25) is 0 Å². The van der Waals surface area contributed by atoms with Crippen molar-refractivity contribution in [2.75, 3.05) is 6.61 Å². The summed E-state index contributed by atoms with van der Waals surface area (Å²) >= 11 is 0. The van der Waals surface area contributed by atoms with E-state index in [0.717, 1.165) is 0 Å². The number of alkyl carbamates (subject to hydrolysis) is 1. The van der Waals surface area contributed by atoms with E-state index < -0.39 is 11.9 Å². The normalized spacial score (nSPS) is 20.6. The predicted molar refractivity (Wildman–Crippen MR) is 49.9 cm³/mol. The number of cyclic esters (lactones) is 1. The van der Waals surface area contributed by atoms with Gasteiger partial charge in [-0.15, -0.1) is 0 Å². The average Bonchev–Trinajstić information content (AvgIpc) is 2.22. The molecular formula is C10H10FNO3. The first-order valence-corrected chi connectivity index (χ1v) is 4.58. The number of nitrogens with one attached hydrogen (secondary N) is 1. The summed E-state index contributed by atoms with van der Waals surface area (Å²) in [6.45, 7) is 0.270. The van der Waals surface area contributed by atoms with Crippen LogP contribution < -0.4 is 5.32 Å². The van der Waals surface area contributed by atoms with Gasteiger partial charge in [0.1, 0.15) is 11.6 Å². The summed E-state index contributed by atoms with van der Waals surface area (Å²) in [4.78, 5) is 10.9. The molecule has 0 bridgehead atoms. The summed E-state index contributed by atoms with van der Waals surface area (Å²) in [5, 5.41) is 12.0. The zero-order chi connectivity index (χ0) is 10.8. The molecule has 2 N–H and O–H groups in total. The molecule has 1 fully saturated rings. The lowest BCUT2D eigenvalue weighted by molar-refractivity contribution is 0.115. The number of rotatable bonds is 1. The van der Waals surface area contributed by atoms with Crippen molar-refractivity contribution in [3.05, 3.63) is 29.6 Å². The highest BCUT2D eigenvalue weighted by Crippen LogP contribution is 2.28. The van der Waals surface area contributed by atoms with Crippen molar-refractivity contribution >= 4 is 6.09 Å². The molecule has 0 spiro atoms. The van der Waals surface area contributed by atoms with Crippen LogP contribution in [0.4, 0.5) is 9.18 Å². The second-order valence-corrected chi connectivity index (χ2v) is 3.32. The molecule has 0 aliphatic carbocycles. The molecule has 1 aliphatic rings. The third-order valence-corrected chi connectivity index (χ3v) is 2.30. The second kappa shape index (κ2) is 3.76. The van der Waals surface area contributed by atoms with Crippen LogP contribution in [0.25, 0.3) is 0 Å². The smallest absolute Gasteiger partial charge is 0.407 e. The highest BCUT2D eigenvalue weighted by Gasteiger charge is 2.23. The number of ether oxygens (including phenoxy) is 1. The number of halogens is 1. The molecule has 1 aromatic rings. The molecule has 5 heteroatoms. The van der Waals surface area contributed by atoms with Crippen molar-refractivity contribution in [3.63, 3.8) is 0 Å². The minimum Gasteiger partial charge on any atom is -0.508 e. The quantitative estimate of drug-likeness (QED) is 0.743. The van der Waals surface area contributed by atoms with E-state index in [-0.39, 0.29) is 18.4 Å². The third-order valence-electron chi connectivity index (χ3n) is 2.30. The first kappa shape index (κ1) is 9.76. The largest absolute Gasteiger partial charge is 0.508 e. The average molecular weight is 211 g/mol. The van der Waals surface area contributed by atoms with E-state index in [1.807, 2.05) is 0 Å². The predicted octanol–water partition coefficient (Wildman–Crippen LogP) is 1.70. The van der Waals surface area contributed by atoms with E-state index in [1.54, 1.807) is 0 Å². The Morgan fingerprint density at radius 1 is 1.53 bits per heavy atom. The van der Waals surface area contributed by atoms with Crippen molar-refractivity contribution < 1.29 is 19.0 Å². The van der Waals surface area contributed by atoms with Crippen LogP contribution >= 0.6 is 0 Å². The minimum atomic E-state index is -0.546.